The Kier molecular flexibility index (Phi) is 4.40. The van der Waals surface area contributed by atoms with Crippen LogP contribution in [0.25, 0.3) is 0 Å². The Morgan fingerprint density at radius 2 is 2.50 bits per heavy atom. The van der Waals surface area contributed by atoms with Crippen LogP contribution in [0.5, 0.6) is 0 Å². The third-order valence-electron chi connectivity index (χ3n) is 2.16. The molecular formula is C10H10ClN3O3S. The molecule has 1 aromatic heterocycles. The largest absolute Gasteiger partial charge is 0.272 e. The second-order valence-corrected chi connectivity index (χ2v) is 4.96. The number of halogens is 1. The van der Waals surface area contributed by atoms with Crippen LogP contribution in [0.4, 0.5) is 0 Å². The molecule has 0 saturated carbocycles. The molecule has 1 aliphatic rings. The van der Waals surface area contributed by atoms with Gasteiger partial charge in [0.1, 0.15) is 5.15 Å². The van der Waals surface area contributed by atoms with E-state index < -0.39 is 4.92 Å². The smallest absolute Gasteiger partial charge is 0.266 e. The third kappa shape index (κ3) is 3.59. The summed E-state index contributed by atoms with van der Waals surface area (Å²) in [6.45, 7) is 0.928. The normalized spacial score (nSPS) is 18.1. The van der Waals surface area contributed by atoms with Gasteiger partial charge in [0.15, 0.2) is 5.03 Å². The van der Waals surface area contributed by atoms with Crippen LogP contribution in [0.15, 0.2) is 29.6 Å². The van der Waals surface area contributed by atoms with E-state index in [2.05, 4.69) is 4.98 Å². The topological polar surface area (TPSA) is 68.5 Å². The van der Waals surface area contributed by atoms with Gasteiger partial charge >= 0.3 is 0 Å². The molecule has 18 heavy (non-hydrogen) atoms. The van der Waals surface area contributed by atoms with Crippen molar-refractivity contribution in [3.05, 3.63) is 50.4 Å². The maximum Gasteiger partial charge on any atom is 0.266 e. The maximum atomic E-state index is 10.5. The van der Waals surface area contributed by atoms with Crippen LogP contribution in [0.3, 0.4) is 0 Å². The lowest BCUT2D eigenvalue weighted by molar-refractivity contribution is -0.405. The van der Waals surface area contributed by atoms with Crippen LogP contribution in [0.2, 0.25) is 5.15 Å². The first-order chi connectivity index (χ1) is 8.65. The van der Waals surface area contributed by atoms with Crippen LogP contribution in [-0.2, 0) is 11.4 Å². The molecule has 0 atom stereocenters. The molecule has 1 saturated heterocycles. The highest BCUT2D eigenvalue weighted by molar-refractivity contribution is 8.03. The Bertz CT molecular complexity index is 466. The van der Waals surface area contributed by atoms with Crippen LogP contribution in [-0.4, -0.2) is 27.3 Å². The predicted molar refractivity (Wildman–Crippen MR) is 68.3 cm³/mol. The van der Waals surface area contributed by atoms with Crippen LogP contribution < -0.4 is 0 Å². The number of nitrogens with zero attached hydrogens (tertiary/aromatic N) is 3. The van der Waals surface area contributed by atoms with Crippen LogP contribution in [0, 0.1) is 10.1 Å². The van der Waals surface area contributed by atoms with Crippen molar-refractivity contribution in [3.63, 3.8) is 0 Å². The van der Waals surface area contributed by atoms with Gasteiger partial charge in [0.25, 0.3) is 6.20 Å². The van der Waals surface area contributed by atoms with Crippen LogP contribution >= 0.6 is 23.4 Å². The molecule has 2 rings (SSSR count). The predicted octanol–water partition coefficient (Wildman–Crippen LogP) is 2.29. The third-order valence-corrected chi connectivity index (χ3v) is 3.36. The molecule has 0 amide bonds. The Balaban J connectivity index is 2.10. The number of hydroxylamine groups is 2. The summed E-state index contributed by atoms with van der Waals surface area (Å²) in [4.78, 5) is 19.4. The van der Waals surface area contributed by atoms with Crippen molar-refractivity contribution in [1.82, 2.24) is 10.0 Å². The molecule has 1 aromatic rings. The highest BCUT2D eigenvalue weighted by atomic mass is 35.5. The Morgan fingerprint density at radius 1 is 1.67 bits per heavy atom. The monoisotopic (exact) mass is 287 g/mol. The van der Waals surface area contributed by atoms with Gasteiger partial charge in [0.2, 0.25) is 0 Å². The standard InChI is InChI=1S/C10H10ClN3O3S/c11-9-2-1-8(5-12-9)6-13-10(7-14(15)16)18-4-3-17-13/h1-2,5,7H,3-4,6H2/b10-7-. The molecule has 0 unspecified atom stereocenters. The quantitative estimate of drug-likeness (QED) is 0.483. The van der Waals surface area contributed by atoms with Crippen molar-refractivity contribution in [2.75, 3.05) is 12.4 Å². The van der Waals surface area contributed by atoms with Crippen molar-refractivity contribution in [2.45, 2.75) is 6.54 Å². The summed E-state index contributed by atoms with van der Waals surface area (Å²) in [6.07, 6.45) is 2.57. The highest BCUT2D eigenvalue weighted by Gasteiger charge is 2.20. The van der Waals surface area contributed by atoms with Crippen molar-refractivity contribution >= 4 is 23.4 Å². The molecule has 0 N–H and O–H groups in total. The van der Waals surface area contributed by atoms with E-state index in [1.54, 1.807) is 12.3 Å². The number of hydrogen-bond acceptors (Lipinski definition) is 6. The summed E-state index contributed by atoms with van der Waals surface area (Å²) in [5.41, 5.74) is 0.871. The van der Waals surface area contributed by atoms with E-state index in [1.165, 1.54) is 16.8 Å². The molecular weight excluding hydrogens is 278 g/mol. The molecule has 96 valence electrons. The van der Waals surface area contributed by atoms with E-state index in [-0.39, 0.29) is 0 Å². The molecule has 0 bridgehead atoms. The van der Waals surface area contributed by atoms with Gasteiger partial charge in [-0.15, -0.1) is 0 Å². The molecule has 0 aromatic carbocycles. The van der Waals surface area contributed by atoms with Gasteiger partial charge < -0.3 is 0 Å². The summed E-state index contributed by atoms with van der Waals surface area (Å²) in [5, 5.41) is 12.9. The second kappa shape index (κ2) is 6.03. The van der Waals surface area contributed by atoms with E-state index in [0.29, 0.717) is 29.1 Å². The minimum absolute atomic E-state index is 0.400. The molecule has 8 heteroatoms. The molecule has 1 aliphatic heterocycles. The number of nitro groups is 1. The Hall–Kier alpha value is -1.31. The second-order valence-electron chi connectivity index (χ2n) is 3.46. The number of rotatable bonds is 3. The fraction of sp³-hybridized carbons (Fsp3) is 0.300. The molecule has 2 heterocycles. The van der Waals surface area contributed by atoms with E-state index in [0.717, 1.165) is 11.8 Å². The van der Waals surface area contributed by atoms with Gasteiger partial charge in [-0.25, -0.2) is 10.0 Å². The molecule has 6 nitrogen and oxygen atoms in total. The van der Waals surface area contributed by atoms with Gasteiger partial charge in [-0.3, -0.25) is 15.0 Å². The Morgan fingerprint density at radius 3 is 3.17 bits per heavy atom. The first kappa shape index (κ1) is 13.1. The van der Waals surface area contributed by atoms with E-state index in [1.807, 2.05) is 6.07 Å². The minimum Gasteiger partial charge on any atom is -0.272 e. The van der Waals surface area contributed by atoms with Crippen LogP contribution in [0.1, 0.15) is 5.56 Å². The average molecular weight is 288 g/mol. The highest BCUT2D eigenvalue weighted by Crippen LogP contribution is 2.27. The zero-order valence-corrected chi connectivity index (χ0v) is 10.9. The molecule has 0 spiro atoms. The fourth-order valence-corrected chi connectivity index (χ4v) is 2.31. The molecule has 1 fully saturated rings. The number of aromatic nitrogens is 1. The lowest BCUT2D eigenvalue weighted by atomic mass is 10.3. The number of thioether (sulfide) groups is 1. The first-order valence-corrected chi connectivity index (χ1v) is 6.50. The van der Waals surface area contributed by atoms with E-state index in [9.17, 15) is 10.1 Å². The minimum atomic E-state index is -0.482. The summed E-state index contributed by atoms with van der Waals surface area (Å²) in [5.74, 6) is 0.703. The number of pyridine rings is 1. The van der Waals surface area contributed by atoms with Gasteiger partial charge in [0, 0.05) is 11.9 Å². The maximum absolute atomic E-state index is 10.5. The van der Waals surface area contributed by atoms with Crippen molar-refractivity contribution < 1.29 is 9.76 Å². The lowest BCUT2D eigenvalue weighted by Gasteiger charge is -2.28. The number of hydrogen-bond donors (Lipinski definition) is 0. The summed E-state index contributed by atoms with van der Waals surface area (Å²) in [7, 11) is 0. The van der Waals surface area contributed by atoms with Crippen molar-refractivity contribution in [1.29, 1.82) is 0 Å². The summed E-state index contributed by atoms with van der Waals surface area (Å²) in [6, 6.07) is 3.48. The van der Waals surface area contributed by atoms with E-state index >= 15 is 0 Å². The lowest BCUT2D eigenvalue weighted by Crippen LogP contribution is -2.27. The average Bonchev–Trinajstić information content (AvgIpc) is 2.34. The zero-order valence-electron chi connectivity index (χ0n) is 9.28. The van der Waals surface area contributed by atoms with Crippen molar-refractivity contribution in [3.8, 4) is 0 Å². The fourth-order valence-electron chi connectivity index (χ4n) is 1.41. The van der Waals surface area contributed by atoms with Gasteiger partial charge in [-0.2, -0.15) is 0 Å². The summed E-state index contributed by atoms with van der Waals surface area (Å²) >= 11 is 7.09. The summed E-state index contributed by atoms with van der Waals surface area (Å²) < 4.78 is 0. The van der Waals surface area contributed by atoms with Gasteiger partial charge in [-0.1, -0.05) is 29.4 Å². The Labute approximate surface area is 113 Å². The molecule has 0 aliphatic carbocycles. The van der Waals surface area contributed by atoms with Gasteiger partial charge in [0.05, 0.1) is 18.1 Å². The molecule has 0 radical (unpaired) electrons. The van der Waals surface area contributed by atoms with E-state index in [4.69, 9.17) is 16.4 Å². The first-order valence-electron chi connectivity index (χ1n) is 5.14. The van der Waals surface area contributed by atoms with Gasteiger partial charge in [-0.05, 0) is 11.6 Å². The zero-order chi connectivity index (χ0) is 13.0. The van der Waals surface area contributed by atoms with Crippen molar-refractivity contribution in [2.24, 2.45) is 0 Å². The SMILES string of the molecule is O=[N+]([O-])/C=C1\SCCON1Cc1ccc(Cl)nc1.